The quantitative estimate of drug-likeness (QED) is 0.390. The molecule has 0 aromatic heterocycles. The summed E-state index contributed by atoms with van der Waals surface area (Å²) in [5.41, 5.74) is 2.36. The summed E-state index contributed by atoms with van der Waals surface area (Å²) in [6.45, 7) is 4.37. The second kappa shape index (κ2) is 11.7. The molecule has 24 heavy (non-hydrogen) atoms. The van der Waals surface area contributed by atoms with Gasteiger partial charge < -0.3 is 15.4 Å². The zero-order valence-electron chi connectivity index (χ0n) is 14.3. The Morgan fingerprint density at radius 2 is 1.75 bits per heavy atom. The van der Waals surface area contributed by atoms with Crippen LogP contribution in [-0.2, 0) is 13.2 Å². The Balaban J connectivity index is 0.00000288. The third-order valence-corrected chi connectivity index (χ3v) is 3.37. The van der Waals surface area contributed by atoms with Crippen molar-refractivity contribution in [3.05, 3.63) is 65.7 Å². The molecular formula is C19H26IN3O. The maximum absolute atomic E-state index is 5.79. The van der Waals surface area contributed by atoms with E-state index in [2.05, 4.69) is 46.8 Å². The lowest BCUT2D eigenvalue weighted by molar-refractivity contribution is 0.306. The molecule has 0 amide bonds. The molecule has 2 N–H and O–H groups in total. The molecule has 0 atom stereocenters. The zero-order chi connectivity index (χ0) is 16.3. The van der Waals surface area contributed by atoms with Crippen molar-refractivity contribution in [3.63, 3.8) is 0 Å². The van der Waals surface area contributed by atoms with Crippen LogP contribution in [0.4, 0.5) is 0 Å². The highest BCUT2D eigenvalue weighted by atomic mass is 127. The molecule has 5 heteroatoms. The SMILES string of the molecule is CCCNC(=NC)NCc1cccc(COc2ccccc2)c1.I. The Morgan fingerprint density at radius 1 is 1.00 bits per heavy atom. The molecule has 0 heterocycles. The summed E-state index contributed by atoms with van der Waals surface area (Å²) in [5.74, 6) is 1.72. The van der Waals surface area contributed by atoms with Gasteiger partial charge in [-0.25, -0.2) is 0 Å². The van der Waals surface area contributed by atoms with E-state index in [4.69, 9.17) is 4.74 Å². The topological polar surface area (TPSA) is 45.7 Å². The number of halogens is 1. The Morgan fingerprint density at radius 3 is 2.46 bits per heavy atom. The van der Waals surface area contributed by atoms with Crippen LogP contribution in [0.15, 0.2) is 59.6 Å². The molecule has 0 spiro atoms. The summed E-state index contributed by atoms with van der Waals surface area (Å²) < 4.78 is 5.79. The van der Waals surface area contributed by atoms with Gasteiger partial charge in [0, 0.05) is 20.1 Å². The minimum atomic E-state index is 0. The number of guanidine groups is 1. The Kier molecular flexibility index (Phi) is 9.91. The van der Waals surface area contributed by atoms with Crippen molar-refractivity contribution >= 4 is 29.9 Å². The fourth-order valence-corrected chi connectivity index (χ4v) is 2.16. The molecule has 2 rings (SSSR count). The number of hydrogen-bond acceptors (Lipinski definition) is 2. The van der Waals surface area contributed by atoms with Crippen LogP contribution in [-0.4, -0.2) is 19.6 Å². The number of rotatable bonds is 7. The van der Waals surface area contributed by atoms with E-state index in [1.165, 1.54) is 5.56 Å². The standard InChI is InChI=1S/C19H25N3O.HI/c1-3-12-21-19(20-2)22-14-16-8-7-9-17(13-16)15-23-18-10-5-4-6-11-18;/h4-11,13H,3,12,14-15H2,1-2H3,(H2,20,21,22);1H. The Labute approximate surface area is 161 Å². The smallest absolute Gasteiger partial charge is 0.191 e. The first-order chi connectivity index (χ1) is 11.3. The normalized spacial score (nSPS) is 10.7. The van der Waals surface area contributed by atoms with Crippen LogP contribution in [0.25, 0.3) is 0 Å². The molecule has 0 unspecified atom stereocenters. The molecule has 0 radical (unpaired) electrons. The van der Waals surface area contributed by atoms with Gasteiger partial charge in [-0.1, -0.05) is 49.4 Å². The molecule has 0 saturated carbocycles. The highest BCUT2D eigenvalue weighted by Crippen LogP contribution is 2.12. The largest absolute Gasteiger partial charge is 0.489 e. The lowest BCUT2D eigenvalue weighted by Crippen LogP contribution is -2.37. The summed E-state index contributed by atoms with van der Waals surface area (Å²) in [6.07, 6.45) is 1.08. The van der Waals surface area contributed by atoms with Crippen molar-refractivity contribution in [2.24, 2.45) is 4.99 Å². The van der Waals surface area contributed by atoms with Crippen LogP contribution in [0, 0.1) is 0 Å². The highest BCUT2D eigenvalue weighted by molar-refractivity contribution is 14.0. The van der Waals surface area contributed by atoms with E-state index in [-0.39, 0.29) is 24.0 Å². The van der Waals surface area contributed by atoms with Crippen LogP contribution in [0.1, 0.15) is 24.5 Å². The lowest BCUT2D eigenvalue weighted by atomic mass is 10.1. The number of nitrogens with zero attached hydrogens (tertiary/aromatic N) is 1. The summed E-state index contributed by atoms with van der Waals surface area (Å²) in [7, 11) is 1.79. The lowest BCUT2D eigenvalue weighted by Gasteiger charge is -2.12. The molecule has 130 valence electrons. The van der Waals surface area contributed by atoms with Gasteiger partial charge in [0.1, 0.15) is 12.4 Å². The predicted octanol–water partition coefficient (Wildman–Crippen LogP) is 3.96. The van der Waals surface area contributed by atoms with E-state index in [1.807, 2.05) is 30.3 Å². The second-order valence-corrected chi connectivity index (χ2v) is 5.27. The minimum absolute atomic E-state index is 0. The van der Waals surface area contributed by atoms with Crippen LogP contribution in [0.3, 0.4) is 0 Å². The third kappa shape index (κ3) is 7.21. The van der Waals surface area contributed by atoms with Gasteiger partial charge in [-0.15, -0.1) is 24.0 Å². The van der Waals surface area contributed by atoms with E-state index in [9.17, 15) is 0 Å². The van der Waals surface area contributed by atoms with E-state index in [0.717, 1.165) is 36.8 Å². The summed E-state index contributed by atoms with van der Waals surface area (Å²) in [4.78, 5) is 4.21. The van der Waals surface area contributed by atoms with Crippen LogP contribution < -0.4 is 15.4 Å². The van der Waals surface area contributed by atoms with E-state index in [0.29, 0.717) is 6.61 Å². The fraction of sp³-hybridized carbons (Fsp3) is 0.316. The van der Waals surface area contributed by atoms with E-state index in [1.54, 1.807) is 7.05 Å². The number of para-hydroxylation sites is 1. The van der Waals surface area contributed by atoms with Gasteiger partial charge in [0.05, 0.1) is 0 Å². The molecule has 0 fully saturated rings. The monoisotopic (exact) mass is 439 g/mol. The van der Waals surface area contributed by atoms with Gasteiger partial charge in [-0.05, 0) is 29.7 Å². The summed E-state index contributed by atoms with van der Waals surface area (Å²) >= 11 is 0. The van der Waals surface area contributed by atoms with Gasteiger partial charge in [0.2, 0.25) is 0 Å². The molecule has 0 saturated heterocycles. The maximum atomic E-state index is 5.79. The first-order valence-electron chi connectivity index (χ1n) is 8.02. The number of nitrogens with one attached hydrogen (secondary N) is 2. The first-order valence-corrected chi connectivity index (χ1v) is 8.02. The fourth-order valence-electron chi connectivity index (χ4n) is 2.16. The highest BCUT2D eigenvalue weighted by Gasteiger charge is 2.00. The average Bonchev–Trinajstić information content (AvgIpc) is 2.61. The molecule has 0 aliphatic carbocycles. The van der Waals surface area contributed by atoms with Gasteiger partial charge in [-0.3, -0.25) is 4.99 Å². The molecule has 0 aliphatic heterocycles. The van der Waals surface area contributed by atoms with Crippen molar-refractivity contribution in [1.29, 1.82) is 0 Å². The number of benzene rings is 2. The maximum Gasteiger partial charge on any atom is 0.191 e. The van der Waals surface area contributed by atoms with Crippen LogP contribution in [0.5, 0.6) is 5.75 Å². The van der Waals surface area contributed by atoms with E-state index < -0.39 is 0 Å². The van der Waals surface area contributed by atoms with Gasteiger partial charge in [0.15, 0.2) is 5.96 Å². The second-order valence-electron chi connectivity index (χ2n) is 5.27. The van der Waals surface area contributed by atoms with Crippen molar-refractivity contribution in [2.75, 3.05) is 13.6 Å². The molecule has 4 nitrogen and oxygen atoms in total. The molecule has 0 aliphatic rings. The molecule has 2 aromatic carbocycles. The van der Waals surface area contributed by atoms with Gasteiger partial charge >= 0.3 is 0 Å². The Hall–Kier alpha value is -1.76. The minimum Gasteiger partial charge on any atom is -0.489 e. The Bertz CT molecular complexity index is 617. The van der Waals surface area contributed by atoms with Crippen molar-refractivity contribution in [1.82, 2.24) is 10.6 Å². The van der Waals surface area contributed by atoms with Crippen molar-refractivity contribution < 1.29 is 4.74 Å². The van der Waals surface area contributed by atoms with Crippen molar-refractivity contribution in [3.8, 4) is 5.75 Å². The average molecular weight is 439 g/mol. The van der Waals surface area contributed by atoms with Crippen LogP contribution in [0.2, 0.25) is 0 Å². The molecular weight excluding hydrogens is 413 g/mol. The summed E-state index contributed by atoms with van der Waals surface area (Å²) in [6, 6.07) is 18.3. The number of hydrogen-bond donors (Lipinski definition) is 2. The zero-order valence-corrected chi connectivity index (χ0v) is 16.6. The summed E-state index contributed by atoms with van der Waals surface area (Å²) in [5, 5.41) is 6.58. The molecule has 2 aromatic rings. The first kappa shape index (κ1) is 20.3. The van der Waals surface area contributed by atoms with Crippen molar-refractivity contribution in [2.45, 2.75) is 26.5 Å². The predicted molar refractivity (Wildman–Crippen MR) is 111 cm³/mol. The number of aliphatic imine (C=N–C) groups is 1. The third-order valence-electron chi connectivity index (χ3n) is 3.37. The van der Waals surface area contributed by atoms with Gasteiger partial charge in [-0.2, -0.15) is 0 Å². The van der Waals surface area contributed by atoms with E-state index >= 15 is 0 Å². The number of ether oxygens (including phenoxy) is 1. The van der Waals surface area contributed by atoms with Crippen LogP contribution >= 0.6 is 24.0 Å². The van der Waals surface area contributed by atoms with Gasteiger partial charge in [0.25, 0.3) is 0 Å². The molecule has 0 bridgehead atoms.